The summed E-state index contributed by atoms with van der Waals surface area (Å²) in [7, 11) is 0. The zero-order chi connectivity index (χ0) is 18.7. The molecule has 0 aliphatic heterocycles. The van der Waals surface area contributed by atoms with Gasteiger partial charge in [-0.2, -0.15) is 0 Å². The normalized spacial score (nSPS) is 12.0. The average molecular weight is 375 g/mol. The van der Waals surface area contributed by atoms with Crippen molar-refractivity contribution in [2.75, 3.05) is 0 Å². The highest BCUT2D eigenvalue weighted by Crippen LogP contribution is 2.43. The minimum atomic E-state index is 0.282. The molecule has 0 radical (unpaired) electrons. The number of hydrogen-bond acceptors (Lipinski definition) is 1. The predicted molar refractivity (Wildman–Crippen MR) is 114 cm³/mol. The summed E-state index contributed by atoms with van der Waals surface area (Å²) in [5.41, 5.74) is 4.40. The van der Waals surface area contributed by atoms with Gasteiger partial charge in [-0.25, -0.2) is 0 Å². The van der Waals surface area contributed by atoms with Gasteiger partial charge in [0.2, 0.25) is 0 Å². The van der Waals surface area contributed by atoms with Gasteiger partial charge in [0.1, 0.15) is 5.75 Å². The number of aromatic hydroxyl groups is 1. The second kappa shape index (κ2) is 5.80. The number of nitrogens with zero attached hydrogens (tertiary/aromatic N) is 1. The van der Waals surface area contributed by atoms with Crippen LogP contribution in [-0.4, -0.2) is 14.7 Å². The minimum Gasteiger partial charge on any atom is -0.508 e. The lowest BCUT2D eigenvalue weighted by Gasteiger charge is -2.13. The van der Waals surface area contributed by atoms with Gasteiger partial charge in [-0.15, -0.1) is 0 Å². The third-order valence-corrected chi connectivity index (χ3v) is 5.62. The fraction of sp³-hybridized carbons (Fsp3) is 0.130. The minimum absolute atomic E-state index is 0.282. The molecular formula is C23H19ClN2O. The Kier molecular flexibility index (Phi) is 3.49. The van der Waals surface area contributed by atoms with Crippen molar-refractivity contribution in [2.45, 2.75) is 19.9 Å². The van der Waals surface area contributed by atoms with Gasteiger partial charge in [0.25, 0.3) is 0 Å². The van der Waals surface area contributed by atoms with Gasteiger partial charge in [0, 0.05) is 56.1 Å². The first kappa shape index (κ1) is 16.3. The molecule has 2 heterocycles. The van der Waals surface area contributed by atoms with E-state index < -0.39 is 0 Å². The van der Waals surface area contributed by atoms with E-state index in [9.17, 15) is 5.11 Å². The van der Waals surface area contributed by atoms with Gasteiger partial charge >= 0.3 is 0 Å². The van der Waals surface area contributed by atoms with E-state index in [0.717, 1.165) is 48.7 Å². The summed E-state index contributed by atoms with van der Waals surface area (Å²) in [5.74, 6) is 0.282. The Morgan fingerprint density at radius 1 is 0.889 bits per heavy atom. The molecule has 5 rings (SSSR count). The molecule has 134 valence electrons. The number of phenols is 1. The molecule has 0 atom stereocenters. The first-order valence-electron chi connectivity index (χ1n) is 9.07. The maximum atomic E-state index is 10.1. The van der Waals surface area contributed by atoms with Crippen LogP contribution in [0.1, 0.15) is 19.9 Å². The molecule has 0 spiro atoms. The van der Waals surface area contributed by atoms with Crippen LogP contribution in [0.3, 0.4) is 0 Å². The van der Waals surface area contributed by atoms with Crippen LogP contribution >= 0.6 is 11.6 Å². The van der Waals surface area contributed by atoms with Crippen LogP contribution in [0, 0.1) is 0 Å². The second-order valence-corrected chi connectivity index (χ2v) is 7.65. The Hall–Kier alpha value is -2.91. The van der Waals surface area contributed by atoms with E-state index in [1.54, 1.807) is 6.07 Å². The van der Waals surface area contributed by atoms with Crippen LogP contribution in [0.25, 0.3) is 43.7 Å². The topological polar surface area (TPSA) is 41.0 Å². The van der Waals surface area contributed by atoms with Crippen LogP contribution in [0.4, 0.5) is 0 Å². The zero-order valence-corrected chi connectivity index (χ0v) is 15.9. The van der Waals surface area contributed by atoms with E-state index in [-0.39, 0.29) is 11.8 Å². The second-order valence-electron chi connectivity index (χ2n) is 7.25. The Labute approximate surface area is 161 Å². The quantitative estimate of drug-likeness (QED) is 0.347. The number of halogens is 1. The van der Waals surface area contributed by atoms with E-state index in [2.05, 4.69) is 35.5 Å². The number of benzene rings is 3. The van der Waals surface area contributed by atoms with Crippen molar-refractivity contribution in [2.24, 2.45) is 0 Å². The summed E-state index contributed by atoms with van der Waals surface area (Å²) < 4.78 is 2.33. The van der Waals surface area contributed by atoms with E-state index >= 15 is 0 Å². The van der Waals surface area contributed by atoms with Crippen molar-refractivity contribution in [3.05, 3.63) is 65.9 Å². The largest absolute Gasteiger partial charge is 0.508 e. The number of rotatable bonds is 2. The fourth-order valence-electron chi connectivity index (χ4n) is 4.21. The number of fused-ring (bicyclic) bond motifs is 5. The lowest BCUT2D eigenvalue weighted by molar-refractivity contribution is 0.476. The predicted octanol–water partition coefficient (Wildman–Crippen LogP) is 6.88. The monoisotopic (exact) mass is 374 g/mol. The lowest BCUT2D eigenvalue weighted by atomic mass is 9.97. The van der Waals surface area contributed by atoms with Crippen molar-refractivity contribution in [3.8, 4) is 16.9 Å². The molecule has 3 aromatic carbocycles. The average Bonchev–Trinajstić information content (AvgIpc) is 3.23. The first-order valence-corrected chi connectivity index (χ1v) is 9.45. The Bertz CT molecular complexity index is 1330. The third kappa shape index (κ3) is 2.28. The van der Waals surface area contributed by atoms with Crippen molar-refractivity contribution in [3.63, 3.8) is 0 Å². The molecule has 0 aliphatic rings. The maximum Gasteiger partial charge on any atom is 0.116 e. The first-order chi connectivity index (χ1) is 13.1. The van der Waals surface area contributed by atoms with Gasteiger partial charge in [-0.3, -0.25) is 0 Å². The summed E-state index contributed by atoms with van der Waals surface area (Å²) in [5, 5.41) is 15.3. The summed E-state index contributed by atoms with van der Waals surface area (Å²) in [6.45, 7) is 4.37. The molecule has 2 N–H and O–H groups in total. The standard InChI is InChI=1S/C23H19ClN2O/c1-13(2)26-21-8-7-14(27)9-17(21)23-19-12-25-11-18(19)16(10-22(23)26)15-5-3-4-6-20(15)24/h3-13,25,27H,1-2H3. The van der Waals surface area contributed by atoms with Crippen LogP contribution in [0.15, 0.2) is 60.9 Å². The van der Waals surface area contributed by atoms with Crippen molar-refractivity contribution < 1.29 is 5.11 Å². The summed E-state index contributed by atoms with van der Waals surface area (Å²) >= 11 is 6.53. The number of aromatic amines is 1. The molecule has 4 heteroatoms. The molecule has 0 bridgehead atoms. The van der Waals surface area contributed by atoms with Gasteiger partial charge in [0.05, 0.1) is 5.52 Å². The molecule has 0 unspecified atom stereocenters. The van der Waals surface area contributed by atoms with Gasteiger partial charge < -0.3 is 14.7 Å². The summed E-state index contributed by atoms with van der Waals surface area (Å²) in [6, 6.07) is 16.1. The Balaban J connectivity index is 2.03. The maximum absolute atomic E-state index is 10.1. The van der Waals surface area contributed by atoms with Crippen LogP contribution < -0.4 is 0 Å². The molecule has 2 aromatic heterocycles. The summed E-state index contributed by atoms with van der Waals surface area (Å²) in [4.78, 5) is 3.26. The van der Waals surface area contributed by atoms with Gasteiger partial charge in [0.15, 0.2) is 0 Å². The molecule has 0 amide bonds. The summed E-state index contributed by atoms with van der Waals surface area (Å²) in [6.07, 6.45) is 4.06. The van der Waals surface area contributed by atoms with Gasteiger partial charge in [-0.1, -0.05) is 29.8 Å². The number of hydrogen-bond donors (Lipinski definition) is 2. The smallest absolute Gasteiger partial charge is 0.116 e. The van der Waals surface area contributed by atoms with Crippen molar-refractivity contribution in [1.82, 2.24) is 9.55 Å². The molecule has 0 aliphatic carbocycles. The van der Waals surface area contributed by atoms with Gasteiger partial charge in [-0.05, 0) is 49.7 Å². The fourth-order valence-corrected chi connectivity index (χ4v) is 4.45. The number of H-pyrrole nitrogens is 1. The van der Waals surface area contributed by atoms with Crippen molar-refractivity contribution in [1.29, 1.82) is 0 Å². The van der Waals surface area contributed by atoms with E-state index in [1.807, 2.05) is 42.7 Å². The molecule has 27 heavy (non-hydrogen) atoms. The zero-order valence-electron chi connectivity index (χ0n) is 15.1. The molecule has 5 aromatic rings. The molecule has 0 fully saturated rings. The molecule has 0 saturated carbocycles. The van der Waals surface area contributed by atoms with E-state index in [0.29, 0.717) is 0 Å². The number of aromatic nitrogens is 2. The molecule has 3 nitrogen and oxygen atoms in total. The lowest BCUT2D eigenvalue weighted by Crippen LogP contribution is -2.00. The third-order valence-electron chi connectivity index (χ3n) is 5.29. The van der Waals surface area contributed by atoms with Crippen LogP contribution in [-0.2, 0) is 0 Å². The van der Waals surface area contributed by atoms with Crippen LogP contribution in [0.2, 0.25) is 5.02 Å². The van der Waals surface area contributed by atoms with E-state index in [4.69, 9.17) is 11.6 Å². The van der Waals surface area contributed by atoms with Crippen LogP contribution in [0.5, 0.6) is 5.75 Å². The Morgan fingerprint density at radius 3 is 2.44 bits per heavy atom. The number of nitrogens with one attached hydrogen (secondary N) is 1. The highest BCUT2D eigenvalue weighted by Gasteiger charge is 2.19. The molecular weight excluding hydrogens is 356 g/mol. The Morgan fingerprint density at radius 2 is 1.67 bits per heavy atom. The molecule has 0 saturated heterocycles. The highest BCUT2D eigenvalue weighted by atomic mass is 35.5. The van der Waals surface area contributed by atoms with E-state index in [1.165, 1.54) is 0 Å². The highest BCUT2D eigenvalue weighted by molar-refractivity contribution is 6.34. The van der Waals surface area contributed by atoms with Crippen molar-refractivity contribution >= 4 is 44.2 Å². The number of phenolic OH excluding ortho intramolecular Hbond substituents is 1. The SMILES string of the molecule is CC(C)n1c2ccc(O)cc2c2c3c[nH]cc3c(-c3ccccc3Cl)cc21.